The number of aryl methyl sites for hydroxylation is 2. The fourth-order valence-electron chi connectivity index (χ4n) is 4.32. The molecule has 0 amide bonds. The molecule has 24 heavy (non-hydrogen) atoms. The summed E-state index contributed by atoms with van der Waals surface area (Å²) in [5, 5.41) is 0. The standard InChI is InChI=1S/C21H27N3/c22-11-12-23-13-15-24(16-14-23)21-19-7-3-1-5-17(19)9-10-18-6-2-4-8-20(18)21/h1-8,21H,9-16,22H2. The van der Waals surface area contributed by atoms with Crippen LogP contribution in [0.3, 0.4) is 0 Å². The summed E-state index contributed by atoms with van der Waals surface area (Å²) in [5.41, 5.74) is 11.8. The van der Waals surface area contributed by atoms with Crippen LogP contribution in [0.5, 0.6) is 0 Å². The minimum absolute atomic E-state index is 0.403. The molecule has 1 aliphatic heterocycles. The number of benzene rings is 2. The first-order chi connectivity index (χ1) is 11.9. The van der Waals surface area contributed by atoms with E-state index >= 15 is 0 Å². The van der Waals surface area contributed by atoms with Gasteiger partial charge in [0, 0.05) is 39.3 Å². The Hall–Kier alpha value is -1.68. The lowest BCUT2D eigenvalue weighted by Gasteiger charge is -2.40. The molecule has 2 aromatic rings. The highest BCUT2D eigenvalue weighted by Crippen LogP contribution is 2.37. The van der Waals surface area contributed by atoms with Gasteiger partial charge in [0.25, 0.3) is 0 Å². The maximum atomic E-state index is 5.73. The van der Waals surface area contributed by atoms with Gasteiger partial charge in [0.2, 0.25) is 0 Å². The SMILES string of the molecule is NCCN1CCN(C2c3ccccc3CCc3ccccc32)CC1. The molecule has 3 nitrogen and oxygen atoms in total. The van der Waals surface area contributed by atoms with Gasteiger partial charge in [-0.15, -0.1) is 0 Å². The van der Waals surface area contributed by atoms with Crippen LogP contribution in [0.4, 0.5) is 0 Å². The molecular weight excluding hydrogens is 294 g/mol. The maximum absolute atomic E-state index is 5.73. The van der Waals surface area contributed by atoms with E-state index in [2.05, 4.69) is 58.3 Å². The van der Waals surface area contributed by atoms with Crippen molar-refractivity contribution < 1.29 is 0 Å². The van der Waals surface area contributed by atoms with Crippen molar-refractivity contribution >= 4 is 0 Å². The van der Waals surface area contributed by atoms with Gasteiger partial charge in [0.15, 0.2) is 0 Å². The second kappa shape index (κ2) is 7.06. The van der Waals surface area contributed by atoms with Gasteiger partial charge >= 0.3 is 0 Å². The van der Waals surface area contributed by atoms with E-state index < -0.39 is 0 Å². The average Bonchev–Trinajstić information content (AvgIpc) is 2.80. The van der Waals surface area contributed by atoms with Gasteiger partial charge in [-0.2, -0.15) is 0 Å². The molecule has 1 saturated heterocycles. The Morgan fingerprint density at radius 1 is 0.792 bits per heavy atom. The Kier molecular flexibility index (Phi) is 4.65. The molecule has 1 heterocycles. The van der Waals surface area contributed by atoms with E-state index in [9.17, 15) is 0 Å². The smallest absolute Gasteiger partial charge is 0.0608 e. The predicted molar refractivity (Wildman–Crippen MR) is 99.2 cm³/mol. The molecule has 126 valence electrons. The van der Waals surface area contributed by atoms with Gasteiger partial charge in [0.1, 0.15) is 0 Å². The summed E-state index contributed by atoms with van der Waals surface area (Å²) in [6.07, 6.45) is 2.30. The van der Waals surface area contributed by atoms with Crippen LogP contribution in [0.1, 0.15) is 28.3 Å². The van der Waals surface area contributed by atoms with Crippen molar-refractivity contribution in [3.05, 3.63) is 70.8 Å². The lowest BCUT2D eigenvalue weighted by atomic mass is 9.93. The largest absolute Gasteiger partial charge is 0.329 e. The zero-order valence-corrected chi connectivity index (χ0v) is 14.3. The number of hydrogen-bond donors (Lipinski definition) is 1. The fraction of sp³-hybridized carbons (Fsp3) is 0.429. The van der Waals surface area contributed by atoms with Gasteiger partial charge in [-0.1, -0.05) is 48.5 Å². The molecule has 4 rings (SSSR count). The number of nitrogens with two attached hydrogens (primary N) is 1. The molecule has 0 radical (unpaired) electrons. The van der Waals surface area contributed by atoms with Crippen molar-refractivity contribution in [1.29, 1.82) is 0 Å². The van der Waals surface area contributed by atoms with Crippen LogP contribution in [0.25, 0.3) is 0 Å². The molecule has 2 aromatic carbocycles. The predicted octanol–water partition coefficient (Wildman–Crippen LogP) is 2.45. The van der Waals surface area contributed by atoms with Crippen LogP contribution in [-0.4, -0.2) is 49.1 Å². The van der Waals surface area contributed by atoms with Crippen LogP contribution in [-0.2, 0) is 12.8 Å². The minimum atomic E-state index is 0.403. The zero-order valence-electron chi connectivity index (χ0n) is 14.3. The number of rotatable bonds is 3. The Morgan fingerprint density at radius 3 is 1.88 bits per heavy atom. The van der Waals surface area contributed by atoms with Crippen LogP contribution < -0.4 is 5.73 Å². The second-order valence-electron chi connectivity index (χ2n) is 6.97. The summed E-state index contributed by atoms with van der Waals surface area (Å²) < 4.78 is 0. The van der Waals surface area contributed by atoms with E-state index in [1.54, 1.807) is 0 Å². The molecule has 0 saturated carbocycles. The van der Waals surface area contributed by atoms with Crippen LogP contribution in [0, 0.1) is 0 Å². The summed E-state index contributed by atoms with van der Waals surface area (Å²) >= 11 is 0. The number of piperazine rings is 1. The van der Waals surface area contributed by atoms with Crippen LogP contribution in [0.15, 0.2) is 48.5 Å². The molecule has 0 atom stereocenters. The highest BCUT2D eigenvalue weighted by Gasteiger charge is 2.30. The van der Waals surface area contributed by atoms with Gasteiger partial charge in [-0.25, -0.2) is 0 Å². The highest BCUT2D eigenvalue weighted by atomic mass is 15.3. The minimum Gasteiger partial charge on any atom is -0.329 e. The van der Waals surface area contributed by atoms with Gasteiger partial charge in [0.05, 0.1) is 6.04 Å². The molecule has 2 N–H and O–H groups in total. The number of hydrogen-bond acceptors (Lipinski definition) is 3. The summed E-state index contributed by atoms with van der Waals surface area (Å²) in [7, 11) is 0. The van der Waals surface area contributed by atoms with Crippen molar-refractivity contribution in [2.75, 3.05) is 39.3 Å². The Labute approximate surface area is 145 Å². The molecule has 0 spiro atoms. The summed E-state index contributed by atoms with van der Waals surface area (Å²) in [4.78, 5) is 5.17. The first kappa shape index (κ1) is 15.8. The summed E-state index contributed by atoms with van der Waals surface area (Å²) in [6, 6.07) is 18.5. The molecule has 0 bridgehead atoms. The van der Waals surface area contributed by atoms with Crippen molar-refractivity contribution in [2.45, 2.75) is 18.9 Å². The van der Waals surface area contributed by atoms with E-state index in [1.165, 1.54) is 22.3 Å². The Bertz CT molecular complexity index is 641. The molecular formula is C21H27N3. The van der Waals surface area contributed by atoms with Crippen molar-refractivity contribution in [3.8, 4) is 0 Å². The molecule has 1 fully saturated rings. The van der Waals surface area contributed by atoms with E-state index in [-0.39, 0.29) is 0 Å². The van der Waals surface area contributed by atoms with Crippen molar-refractivity contribution in [3.63, 3.8) is 0 Å². The van der Waals surface area contributed by atoms with E-state index in [4.69, 9.17) is 5.73 Å². The molecule has 0 aromatic heterocycles. The lowest BCUT2D eigenvalue weighted by Crippen LogP contribution is -2.49. The van der Waals surface area contributed by atoms with E-state index in [0.717, 1.165) is 52.1 Å². The van der Waals surface area contributed by atoms with Gasteiger partial charge in [-0.3, -0.25) is 9.80 Å². The summed E-state index contributed by atoms with van der Waals surface area (Å²) in [5.74, 6) is 0. The maximum Gasteiger partial charge on any atom is 0.0608 e. The first-order valence-corrected chi connectivity index (χ1v) is 9.19. The van der Waals surface area contributed by atoms with Gasteiger partial charge < -0.3 is 5.73 Å². The van der Waals surface area contributed by atoms with Crippen LogP contribution >= 0.6 is 0 Å². The first-order valence-electron chi connectivity index (χ1n) is 9.19. The molecule has 2 aliphatic rings. The molecule has 0 unspecified atom stereocenters. The third kappa shape index (κ3) is 3.00. The lowest BCUT2D eigenvalue weighted by molar-refractivity contribution is 0.111. The topological polar surface area (TPSA) is 32.5 Å². The quantitative estimate of drug-likeness (QED) is 0.942. The normalized spacial score (nSPS) is 19.5. The van der Waals surface area contributed by atoms with E-state index in [1.807, 2.05) is 0 Å². The van der Waals surface area contributed by atoms with Gasteiger partial charge in [-0.05, 0) is 35.1 Å². The van der Waals surface area contributed by atoms with Crippen molar-refractivity contribution in [2.24, 2.45) is 5.73 Å². The fourth-order valence-corrected chi connectivity index (χ4v) is 4.32. The second-order valence-corrected chi connectivity index (χ2v) is 6.97. The third-order valence-corrected chi connectivity index (χ3v) is 5.58. The van der Waals surface area contributed by atoms with Crippen LogP contribution in [0.2, 0.25) is 0 Å². The highest BCUT2D eigenvalue weighted by molar-refractivity contribution is 5.44. The Morgan fingerprint density at radius 2 is 1.33 bits per heavy atom. The summed E-state index contributed by atoms with van der Waals surface area (Å²) in [6.45, 7) is 6.26. The average molecular weight is 321 g/mol. The number of fused-ring (bicyclic) bond motifs is 2. The van der Waals surface area contributed by atoms with E-state index in [0.29, 0.717) is 6.04 Å². The third-order valence-electron chi connectivity index (χ3n) is 5.58. The number of nitrogens with zero attached hydrogens (tertiary/aromatic N) is 2. The monoisotopic (exact) mass is 321 g/mol. The van der Waals surface area contributed by atoms with Crippen molar-refractivity contribution in [1.82, 2.24) is 9.80 Å². The Balaban J connectivity index is 1.69. The zero-order chi connectivity index (χ0) is 16.4. The molecule has 1 aliphatic carbocycles. The molecule has 3 heteroatoms.